The maximum atomic E-state index is 6.04. The summed E-state index contributed by atoms with van der Waals surface area (Å²) in [5, 5.41) is 6.47. The van der Waals surface area contributed by atoms with E-state index in [2.05, 4.69) is 38.3 Å². The van der Waals surface area contributed by atoms with Gasteiger partial charge >= 0.3 is 0 Å². The predicted molar refractivity (Wildman–Crippen MR) is 101 cm³/mol. The highest BCUT2D eigenvalue weighted by Gasteiger charge is 2.42. The van der Waals surface area contributed by atoms with Gasteiger partial charge in [0.1, 0.15) is 5.82 Å². The SMILES string of the molecule is Cn1cc(-c2cnc3n2C[C@@]2(COCCN(Cc4cccs4)C2)C3)cn1. The lowest BCUT2D eigenvalue weighted by Gasteiger charge is -2.31. The number of aromatic nitrogens is 4. The van der Waals surface area contributed by atoms with Gasteiger partial charge in [-0.15, -0.1) is 11.3 Å². The number of nitrogens with zero attached hydrogens (tertiary/aromatic N) is 5. The first-order valence-corrected chi connectivity index (χ1v) is 9.95. The molecule has 1 fully saturated rings. The van der Waals surface area contributed by atoms with Crippen LogP contribution in [0.4, 0.5) is 0 Å². The number of fused-ring (bicyclic) bond motifs is 1. The van der Waals surface area contributed by atoms with Crippen molar-refractivity contribution in [1.29, 1.82) is 0 Å². The molecule has 2 aliphatic rings. The fourth-order valence-corrected chi connectivity index (χ4v) is 5.03. The summed E-state index contributed by atoms with van der Waals surface area (Å²) in [6.45, 7) is 5.65. The lowest BCUT2D eigenvalue weighted by Crippen LogP contribution is -2.39. The molecule has 0 saturated carbocycles. The Balaban J connectivity index is 1.39. The summed E-state index contributed by atoms with van der Waals surface area (Å²) in [5.74, 6) is 1.17. The maximum absolute atomic E-state index is 6.04. The minimum absolute atomic E-state index is 0.119. The first kappa shape index (κ1) is 16.2. The summed E-state index contributed by atoms with van der Waals surface area (Å²) in [6, 6.07) is 4.36. The van der Waals surface area contributed by atoms with E-state index in [0.717, 1.165) is 51.4 Å². The molecule has 1 saturated heterocycles. The Morgan fingerprint density at radius 2 is 2.27 bits per heavy atom. The van der Waals surface area contributed by atoms with E-state index < -0.39 is 0 Å². The smallest absolute Gasteiger partial charge is 0.109 e. The Kier molecular flexibility index (Phi) is 3.95. The van der Waals surface area contributed by atoms with Gasteiger partial charge in [0.15, 0.2) is 0 Å². The maximum Gasteiger partial charge on any atom is 0.109 e. The lowest BCUT2D eigenvalue weighted by molar-refractivity contribution is 0.0668. The van der Waals surface area contributed by atoms with Crippen molar-refractivity contribution in [3.63, 3.8) is 0 Å². The van der Waals surface area contributed by atoms with Crippen molar-refractivity contribution in [3.8, 4) is 11.3 Å². The first-order valence-electron chi connectivity index (χ1n) is 9.07. The van der Waals surface area contributed by atoms with Gasteiger partial charge in [-0.2, -0.15) is 5.10 Å². The van der Waals surface area contributed by atoms with Gasteiger partial charge in [0, 0.05) is 61.7 Å². The molecule has 2 aliphatic heterocycles. The van der Waals surface area contributed by atoms with Gasteiger partial charge < -0.3 is 9.30 Å². The molecule has 0 aliphatic carbocycles. The highest BCUT2D eigenvalue weighted by atomic mass is 32.1. The highest BCUT2D eigenvalue weighted by molar-refractivity contribution is 7.09. The first-order chi connectivity index (χ1) is 12.7. The molecular formula is C19H23N5OS. The van der Waals surface area contributed by atoms with Crippen LogP contribution in [-0.2, 0) is 31.3 Å². The van der Waals surface area contributed by atoms with Crippen LogP contribution in [-0.4, -0.2) is 50.5 Å². The van der Waals surface area contributed by atoms with Crippen molar-refractivity contribution in [2.45, 2.75) is 19.5 Å². The molecule has 0 amide bonds. The zero-order valence-electron chi connectivity index (χ0n) is 15.0. The van der Waals surface area contributed by atoms with Crippen molar-refractivity contribution in [1.82, 2.24) is 24.2 Å². The molecule has 136 valence electrons. The molecule has 26 heavy (non-hydrogen) atoms. The summed E-state index contributed by atoms with van der Waals surface area (Å²) >= 11 is 1.84. The summed E-state index contributed by atoms with van der Waals surface area (Å²) < 4.78 is 10.3. The van der Waals surface area contributed by atoms with Crippen molar-refractivity contribution in [3.05, 3.63) is 46.8 Å². The molecule has 3 aromatic rings. The molecule has 0 radical (unpaired) electrons. The number of aryl methyl sites for hydroxylation is 1. The third-order valence-corrected chi connectivity index (χ3v) is 6.31. The zero-order valence-corrected chi connectivity index (χ0v) is 15.8. The van der Waals surface area contributed by atoms with Crippen LogP contribution in [0, 0.1) is 5.41 Å². The van der Waals surface area contributed by atoms with E-state index in [0.29, 0.717) is 0 Å². The minimum atomic E-state index is 0.119. The molecule has 0 unspecified atom stereocenters. The number of imidazole rings is 1. The minimum Gasteiger partial charge on any atom is -0.379 e. The number of ether oxygens (including phenoxy) is 1. The van der Waals surface area contributed by atoms with Gasteiger partial charge in [-0.05, 0) is 11.4 Å². The fourth-order valence-electron chi connectivity index (χ4n) is 4.28. The van der Waals surface area contributed by atoms with Crippen molar-refractivity contribution in [2.24, 2.45) is 12.5 Å². The third kappa shape index (κ3) is 2.90. The summed E-state index contributed by atoms with van der Waals surface area (Å²) in [4.78, 5) is 8.69. The molecule has 0 aromatic carbocycles. The van der Waals surface area contributed by atoms with Gasteiger partial charge in [0.2, 0.25) is 0 Å². The quantitative estimate of drug-likeness (QED) is 0.711. The number of hydrogen-bond acceptors (Lipinski definition) is 5. The van der Waals surface area contributed by atoms with Crippen LogP contribution >= 0.6 is 11.3 Å². The molecule has 6 nitrogen and oxygen atoms in total. The van der Waals surface area contributed by atoms with Crippen LogP contribution in [0.1, 0.15) is 10.7 Å². The van der Waals surface area contributed by atoms with Crippen molar-refractivity contribution in [2.75, 3.05) is 26.3 Å². The van der Waals surface area contributed by atoms with E-state index in [1.165, 1.54) is 16.4 Å². The Morgan fingerprint density at radius 3 is 3.08 bits per heavy atom. The molecule has 5 rings (SSSR count). The fraction of sp³-hybridized carbons (Fsp3) is 0.474. The van der Waals surface area contributed by atoms with Crippen molar-refractivity contribution >= 4 is 11.3 Å². The average Bonchev–Trinajstić information content (AvgIpc) is 3.35. The Morgan fingerprint density at radius 1 is 1.31 bits per heavy atom. The second kappa shape index (κ2) is 6.33. The molecule has 0 bridgehead atoms. The van der Waals surface area contributed by atoms with Crippen molar-refractivity contribution < 1.29 is 4.74 Å². The monoisotopic (exact) mass is 369 g/mol. The third-order valence-electron chi connectivity index (χ3n) is 5.44. The summed E-state index contributed by atoms with van der Waals surface area (Å²) in [7, 11) is 1.95. The second-order valence-corrected chi connectivity index (χ2v) is 8.60. The van der Waals surface area contributed by atoms with E-state index in [-0.39, 0.29) is 5.41 Å². The van der Waals surface area contributed by atoms with Crippen LogP contribution in [0.3, 0.4) is 0 Å². The molecule has 3 aromatic heterocycles. The zero-order chi connectivity index (χ0) is 17.6. The van der Waals surface area contributed by atoms with E-state index in [9.17, 15) is 0 Å². The molecule has 5 heterocycles. The van der Waals surface area contributed by atoms with Crippen LogP contribution in [0.5, 0.6) is 0 Å². The summed E-state index contributed by atoms with van der Waals surface area (Å²) in [6.07, 6.45) is 6.94. The largest absolute Gasteiger partial charge is 0.379 e. The molecule has 0 N–H and O–H groups in total. The molecule has 1 atom stereocenters. The van der Waals surface area contributed by atoms with Gasteiger partial charge in [-0.25, -0.2) is 4.98 Å². The van der Waals surface area contributed by atoms with E-state index >= 15 is 0 Å². The molecule has 1 spiro atoms. The van der Waals surface area contributed by atoms with Crippen LogP contribution < -0.4 is 0 Å². The normalized spacial score (nSPS) is 23.4. The van der Waals surface area contributed by atoms with Gasteiger partial charge in [-0.1, -0.05) is 6.07 Å². The van der Waals surface area contributed by atoms with Crippen LogP contribution in [0.2, 0.25) is 0 Å². The van der Waals surface area contributed by atoms with Gasteiger partial charge in [-0.3, -0.25) is 9.58 Å². The molecular weight excluding hydrogens is 346 g/mol. The standard InChI is InChI=1S/C19H23N5OS/c1-22-10-15(8-21-22)17-9-20-18-7-19(13-24(17)18)12-23(4-5-25-14-19)11-16-3-2-6-26-16/h2-3,6,8-10H,4-5,7,11-14H2,1H3/t19-/m1/s1. The summed E-state index contributed by atoms with van der Waals surface area (Å²) in [5.41, 5.74) is 2.42. The Bertz CT molecular complexity index is 899. The predicted octanol–water partition coefficient (Wildman–Crippen LogP) is 2.42. The van der Waals surface area contributed by atoms with Gasteiger partial charge in [0.05, 0.1) is 31.3 Å². The number of thiophene rings is 1. The topological polar surface area (TPSA) is 48.1 Å². The average molecular weight is 369 g/mol. The van der Waals surface area contributed by atoms with E-state index in [4.69, 9.17) is 9.72 Å². The van der Waals surface area contributed by atoms with Gasteiger partial charge in [0.25, 0.3) is 0 Å². The van der Waals surface area contributed by atoms with E-state index in [1.807, 2.05) is 35.5 Å². The number of rotatable bonds is 3. The highest BCUT2D eigenvalue weighted by Crippen LogP contribution is 2.38. The Hall–Kier alpha value is -1.96. The van der Waals surface area contributed by atoms with Crippen LogP contribution in [0.15, 0.2) is 36.1 Å². The van der Waals surface area contributed by atoms with Crippen LogP contribution in [0.25, 0.3) is 11.3 Å². The number of hydrogen-bond donors (Lipinski definition) is 0. The lowest BCUT2D eigenvalue weighted by atomic mass is 9.86. The molecule has 7 heteroatoms. The van der Waals surface area contributed by atoms with E-state index in [1.54, 1.807) is 0 Å². The second-order valence-electron chi connectivity index (χ2n) is 7.57. The Labute approximate surface area is 157 Å².